The lowest BCUT2D eigenvalue weighted by Crippen LogP contribution is -2.35. The fourth-order valence-electron chi connectivity index (χ4n) is 1.34. The number of hydrogen-bond acceptors (Lipinski definition) is 1. The molecule has 1 nitrogen and oxygen atoms in total. The van der Waals surface area contributed by atoms with Crippen molar-refractivity contribution in [1.29, 1.82) is 0 Å². The van der Waals surface area contributed by atoms with Crippen molar-refractivity contribution in [2.45, 2.75) is 12.5 Å². The molecule has 1 heterocycles. The fourth-order valence-corrected chi connectivity index (χ4v) is 1.88. The van der Waals surface area contributed by atoms with Crippen LogP contribution in [0.15, 0.2) is 18.2 Å². The van der Waals surface area contributed by atoms with Crippen LogP contribution in [0, 0.1) is 0 Å². The quantitative estimate of drug-likeness (QED) is 0.790. The Morgan fingerprint density at radius 3 is 2.46 bits per heavy atom. The Morgan fingerprint density at radius 1 is 1.31 bits per heavy atom. The Balaban J connectivity index is 0.000000845. The minimum atomic E-state index is 0. The Labute approximate surface area is 93.8 Å². The van der Waals surface area contributed by atoms with Crippen LogP contribution in [0.25, 0.3) is 0 Å². The first-order valence-electron chi connectivity index (χ1n) is 3.96. The molecule has 1 atom stereocenters. The molecule has 1 aliphatic rings. The van der Waals surface area contributed by atoms with E-state index in [4.69, 9.17) is 23.2 Å². The molecule has 1 saturated heterocycles. The summed E-state index contributed by atoms with van der Waals surface area (Å²) in [7, 11) is 0. The average Bonchev–Trinajstić information content (AvgIpc) is 1.91. The largest absolute Gasteiger partial charge is 0.310 e. The second-order valence-electron chi connectivity index (χ2n) is 2.96. The van der Waals surface area contributed by atoms with Crippen molar-refractivity contribution in [3.63, 3.8) is 0 Å². The molecule has 0 amide bonds. The van der Waals surface area contributed by atoms with Crippen molar-refractivity contribution in [2.75, 3.05) is 6.54 Å². The topological polar surface area (TPSA) is 12.0 Å². The van der Waals surface area contributed by atoms with Gasteiger partial charge in [0.1, 0.15) is 0 Å². The monoisotopic (exact) mass is 237 g/mol. The van der Waals surface area contributed by atoms with Gasteiger partial charge >= 0.3 is 0 Å². The minimum Gasteiger partial charge on any atom is -0.310 e. The van der Waals surface area contributed by atoms with E-state index in [1.807, 2.05) is 12.1 Å². The lowest BCUT2D eigenvalue weighted by Gasteiger charge is -2.28. The smallest absolute Gasteiger partial charge is 0.0468 e. The number of benzene rings is 1. The van der Waals surface area contributed by atoms with Gasteiger partial charge in [0, 0.05) is 16.1 Å². The summed E-state index contributed by atoms with van der Waals surface area (Å²) in [6.45, 7) is 1.09. The number of halogens is 3. The highest BCUT2D eigenvalue weighted by Crippen LogP contribution is 2.30. The van der Waals surface area contributed by atoms with Crippen molar-refractivity contribution >= 4 is 35.6 Å². The maximum absolute atomic E-state index is 6.01. The maximum atomic E-state index is 6.01. The van der Waals surface area contributed by atoms with Gasteiger partial charge < -0.3 is 5.32 Å². The van der Waals surface area contributed by atoms with E-state index in [-0.39, 0.29) is 12.4 Å². The highest BCUT2D eigenvalue weighted by atomic mass is 35.5. The molecular weight excluding hydrogens is 228 g/mol. The van der Waals surface area contributed by atoms with Crippen LogP contribution in [0.4, 0.5) is 0 Å². The molecule has 1 fully saturated rings. The highest BCUT2D eigenvalue weighted by Gasteiger charge is 2.20. The predicted octanol–water partition coefficient (Wildman–Crippen LogP) is 3.45. The standard InChI is InChI=1S/C9H9Cl2N.ClH/c10-6-1-2-7(8(11)5-6)9-3-4-12-9;/h1-2,5,9,12H,3-4H2;1H/t9-;/m1./s1. The molecule has 0 saturated carbocycles. The van der Waals surface area contributed by atoms with Gasteiger partial charge in [0.05, 0.1) is 0 Å². The van der Waals surface area contributed by atoms with E-state index >= 15 is 0 Å². The zero-order chi connectivity index (χ0) is 8.55. The van der Waals surface area contributed by atoms with Crippen molar-refractivity contribution in [3.05, 3.63) is 33.8 Å². The van der Waals surface area contributed by atoms with E-state index < -0.39 is 0 Å². The Bertz CT molecular complexity index is 297. The molecule has 1 aliphatic heterocycles. The van der Waals surface area contributed by atoms with Crippen molar-refractivity contribution < 1.29 is 0 Å². The maximum Gasteiger partial charge on any atom is 0.0468 e. The Hall–Kier alpha value is 0.0500. The van der Waals surface area contributed by atoms with Gasteiger partial charge in [-0.05, 0) is 30.7 Å². The summed E-state index contributed by atoms with van der Waals surface area (Å²) < 4.78 is 0. The molecule has 1 N–H and O–H groups in total. The molecule has 0 spiro atoms. The average molecular weight is 239 g/mol. The molecule has 0 aliphatic carbocycles. The molecular formula is C9H10Cl3N. The molecule has 1 aromatic rings. The third kappa shape index (κ3) is 2.29. The summed E-state index contributed by atoms with van der Waals surface area (Å²) in [5, 5.41) is 4.76. The van der Waals surface area contributed by atoms with E-state index in [2.05, 4.69) is 5.32 Å². The summed E-state index contributed by atoms with van der Waals surface area (Å²) >= 11 is 11.8. The normalized spacial score (nSPS) is 20.3. The molecule has 1 aromatic carbocycles. The van der Waals surface area contributed by atoms with Crippen molar-refractivity contribution in [1.82, 2.24) is 5.32 Å². The first-order valence-corrected chi connectivity index (χ1v) is 4.71. The molecule has 4 heteroatoms. The van der Waals surface area contributed by atoms with Gasteiger partial charge in [-0.3, -0.25) is 0 Å². The second kappa shape index (κ2) is 4.52. The van der Waals surface area contributed by atoms with Crippen molar-refractivity contribution in [2.24, 2.45) is 0 Å². The Morgan fingerprint density at radius 2 is 2.00 bits per heavy atom. The van der Waals surface area contributed by atoms with E-state index in [0.29, 0.717) is 11.1 Å². The van der Waals surface area contributed by atoms with Crippen LogP contribution >= 0.6 is 35.6 Å². The molecule has 13 heavy (non-hydrogen) atoms. The van der Waals surface area contributed by atoms with Crippen LogP contribution in [0.5, 0.6) is 0 Å². The van der Waals surface area contributed by atoms with Crippen molar-refractivity contribution in [3.8, 4) is 0 Å². The summed E-state index contributed by atoms with van der Waals surface area (Å²) in [5.74, 6) is 0. The van der Waals surface area contributed by atoms with Gasteiger partial charge in [-0.25, -0.2) is 0 Å². The van der Waals surface area contributed by atoms with Crippen LogP contribution in [-0.4, -0.2) is 6.54 Å². The predicted molar refractivity (Wildman–Crippen MR) is 59.1 cm³/mol. The number of hydrogen-bond donors (Lipinski definition) is 1. The fraction of sp³-hybridized carbons (Fsp3) is 0.333. The summed E-state index contributed by atoms with van der Waals surface area (Å²) in [6, 6.07) is 6.10. The SMILES string of the molecule is Cl.Clc1ccc([C@H]2CCN2)c(Cl)c1. The zero-order valence-electron chi connectivity index (χ0n) is 6.89. The van der Waals surface area contributed by atoms with Gasteiger partial charge in [-0.15, -0.1) is 12.4 Å². The summed E-state index contributed by atoms with van der Waals surface area (Å²) in [5.41, 5.74) is 1.16. The summed E-state index contributed by atoms with van der Waals surface area (Å²) in [4.78, 5) is 0. The molecule has 0 bridgehead atoms. The Kier molecular flexibility index (Phi) is 3.87. The van der Waals surface area contributed by atoms with Crippen LogP contribution in [0.3, 0.4) is 0 Å². The van der Waals surface area contributed by atoms with Gasteiger partial charge in [0.15, 0.2) is 0 Å². The lowest BCUT2D eigenvalue weighted by molar-refractivity contribution is 0.383. The van der Waals surface area contributed by atoms with Gasteiger partial charge in [-0.2, -0.15) is 0 Å². The van der Waals surface area contributed by atoms with E-state index in [9.17, 15) is 0 Å². The lowest BCUT2D eigenvalue weighted by atomic mass is 9.98. The first kappa shape index (κ1) is 11.1. The number of rotatable bonds is 1. The van der Waals surface area contributed by atoms with E-state index in [1.165, 1.54) is 6.42 Å². The van der Waals surface area contributed by atoms with Crippen LogP contribution in [0.2, 0.25) is 10.0 Å². The summed E-state index contributed by atoms with van der Waals surface area (Å²) in [6.07, 6.45) is 1.17. The molecule has 72 valence electrons. The molecule has 0 unspecified atom stereocenters. The van der Waals surface area contributed by atoms with Gasteiger partial charge in [-0.1, -0.05) is 29.3 Å². The van der Waals surface area contributed by atoms with Crippen LogP contribution in [-0.2, 0) is 0 Å². The highest BCUT2D eigenvalue weighted by molar-refractivity contribution is 6.35. The zero-order valence-corrected chi connectivity index (χ0v) is 9.22. The molecule has 0 aromatic heterocycles. The molecule has 0 radical (unpaired) electrons. The van der Waals surface area contributed by atoms with Crippen LogP contribution < -0.4 is 5.32 Å². The number of nitrogens with one attached hydrogen (secondary N) is 1. The van der Waals surface area contributed by atoms with Gasteiger partial charge in [0.2, 0.25) is 0 Å². The first-order chi connectivity index (χ1) is 5.77. The van der Waals surface area contributed by atoms with Gasteiger partial charge in [0.25, 0.3) is 0 Å². The van der Waals surface area contributed by atoms with E-state index in [0.717, 1.165) is 17.1 Å². The third-order valence-corrected chi connectivity index (χ3v) is 2.72. The molecule has 2 rings (SSSR count). The van der Waals surface area contributed by atoms with Crippen LogP contribution in [0.1, 0.15) is 18.0 Å². The third-order valence-electron chi connectivity index (χ3n) is 2.16. The second-order valence-corrected chi connectivity index (χ2v) is 3.80. The van der Waals surface area contributed by atoms with E-state index in [1.54, 1.807) is 6.07 Å². The minimum absolute atomic E-state index is 0.